The molecule has 3 rings (SSSR count). The van der Waals surface area contributed by atoms with Crippen LogP contribution in [0.1, 0.15) is 32.2 Å². The lowest BCUT2D eigenvalue weighted by Gasteiger charge is -2.20. The maximum atomic E-state index is 13.0. The van der Waals surface area contributed by atoms with Crippen LogP contribution in [0.15, 0.2) is 36.5 Å². The molecule has 0 spiro atoms. The van der Waals surface area contributed by atoms with Crippen LogP contribution in [0.25, 0.3) is 11.5 Å². The second-order valence-corrected chi connectivity index (χ2v) is 7.44. The van der Waals surface area contributed by atoms with Crippen LogP contribution in [-0.2, 0) is 12.4 Å². The third-order valence-corrected chi connectivity index (χ3v) is 3.59. The maximum Gasteiger partial charge on any atom is 0.433 e. The average molecular weight is 458 g/mol. The van der Waals surface area contributed by atoms with Crippen LogP contribution in [0.4, 0.5) is 38.0 Å². The predicted octanol–water partition coefficient (Wildman–Crippen LogP) is 5.29. The van der Waals surface area contributed by atoms with E-state index in [0.29, 0.717) is 0 Å². The van der Waals surface area contributed by atoms with Crippen molar-refractivity contribution in [1.82, 2.24) is 24.9 Å². The quantitative estimate of drug-likeness (QED) is 0.532. The van der Waals surface area contributed by atoms with Crippen LogP contribution in [0, 0.1) is 0 Å². The number of alkyl halides is 6. The molecule has 0 bridgehead atoms. The summed E-state index contributed by atoms with van der Waals surface area (Å²) in [5.41, 5.74) is -3.37. The van der Waals surface area contributed by atoms with E-state index < -0.39 is 29.3 Å². The van der Waals surface area contributed by atoms with Crippen LogP contribution >= 0.6 is 0 Å². The topological polar surface area (TPSA) is 85.7 Å². The lowest BCUT2D eigenvalue weighted by atomic mass is 10.2. The highest BCUT2D eigenvalue weighted by Crippen LogP contribution is 2.31. The van der Waals surface area contributed by atoms with Crippen molar-refractivity contribution in [3.8, 4) is 17.5 Å². The second-order valence-electron chi connectivity index (χ2n) is 7.44. The Hall–Kier alpha value is -3.51. The van der Waals surface area contributed by atoms with E-state index >= 15 is 0 Å². The molecule has 3 aromatic heterocycles. The number of aromatic nitrogens is 5. The minimum absolute atomic E-state index is 0.0526. The number of halogens is 6. The summed E-state index contributed by atoms with van der Waals surface area (Å²) in [6, 6.07) is 4.89. The Labute approximate surface area is 177 Å². The van der Waals surface area contributed by atoms with Crippen LogP contribution in [-0.4, -0.2) is 30.5 Å². The van der Waals surface area contributed by atoms with Gasteiger partial charge in [0, 0.05) is 11.9 Å². The van der Waals surface area contributed by atoms with E-state index in [-0.39, 0.29) is 29.2 Å². The Balaban J connectivity index is 2.05. The molecule has 0 amide bonds. The largest absolute Gasteiger partial charge is 0.458 e. The fourth-order valence-corrected chi connectivity index (χ4v) is 2.36. The Morgan fingerprint density at radius 2 is 1.50 bits per heavy atom. The first-order valence-corrected chi connectivity index (χ1v) is 9.01. The number of hydrogen-bond donors (Lipinski definition) is 1. The molecule has 0 unspecified atom stereocenters. The smallest absolute Gasteiger partial charge is 0.433 e. The zero-order valence-electron chi connectivity index (χ0n) is 16.9. The number of pyridine rings is 2. The van der Waals surface area contributed by atoms with Gasteiger partial charge in [-0.25, -0.2) is 4.98 Å². The van der Waals surface area contributed by atoms with Crippen molar-refractivity contribution >= 4 is 11.6 Å². The molecular formula is C19H16F6N6O. The minimum Gasteiger partial charge on any atom is -0.458 e. The van der Waals surface area contributed by atoms with Crippen LogP contribution < -0.4 is 10.1 Å². The van der Waals surface area contributed by atoms with Gasteiger partial charge >= 0.3 is 18.4 Å². The summed E-state index contributed by atoms with van der Waals surface area (Å²) in [6.07, 6.45) is -8.43. The van der Waals surface area contributed by atoms with Gasteiger partial charge in [-0.3, -0.25) is 4.98 Å². The van der Waals surface area contributed by atoms with Gasteiger partial charge in [0.2, 0.25) is 5.95 Å². The van der Waals surface area contributed by atoms with Gasteiger partial charge in [0.25, 0.3) is 0 Å². The van der Waals surface area contributed by atoms with Crippen molar-refractivity contribution in [2.75, 3.05) is 5.32 Å². The van der Waals surface area contributed by atoms with Gasteiger partial charge in [-0.1, -0.05) is 6.07 Å². The molecule has 0 aliphatic carbocycles. The van der Waals surface area contributed by atoms with E-state index in [1.807, 2.05) is 0 Å². The van der Waals surface area contributed by atoms with Gasteiger partial charge in [0.05, 0.1) is 0 Å². The minimum atomic E-state index is -4.69. The monoisotopic (exact) mass is 458 g/mol. The Morgan fingerprint density at radius 3 is 2.12 bits per heavy atom. The third kappa shape index (κ3) is 6.02. The first-order chi connectivity index (χ1) is 14.7. The number of hydrogen-bond acceptors (Lipinski definition) is 7. The summed E-state index contributed by atoms with van der Waals surface area (Å²) in [7, 11) is 0. The molecule has 0 saturated carbocycles. The van der Waals surface area contributed by atoms with Crippen molar-refractivity contribution in [1.29, 1.82) is 0 Å². The predicted molar refractivity (Wildman–Crippen MR) is 101 cm³/mol. The Morgan fingerprint density at radius 1 is 0.812 bits per heavy atom. The van der Waals surface area contributed by atoms with Gasteiger partial charge in [-0.15, -0.1) is 0 Å². The highest BCUT2D eigenvalue weighted by Gasteiger charge is 2.33. The molecule has 7 nitrogen and oxygen atoms in total. The van der Waals surface area contributed by atoms with E-state index in [0.717, 1.165) is 24.4 Å². The summed E-state index contributed by atoms with van der Waals surface area (Å²) in [5, 5.41) is 2.57. The Kier molecular flexibility index (Phi) is 5.94. The highest BCUT2D eigenvalue weighted by atomic mass is 19.4. The molecule has 0 fully saturated rings. The molecule has 0 atom stereocenters. The van der Waals surface area contributed by atoms with Gasteiger partial charge in [0.15, 0.2) is 5.82 Å². The fraction of sp³-hybridized carbons (Fsp3) is 0.316. The van der Waals surface area contributed by atoms with Crippen LogP contribution in [0.3, 0.4) is 0 Å². The second kappa shape index (κ2) is 8.20. The third-order valence-electron chi connectivity index (χ3n) is 3.59. The number of ether oxygens (including phenoxy) is 1. The van der Waals surface area contributed by atoms with Crippen molar-refractivity contribution in [3.63, 3.8) is 0 Å². The summed E-state index contributed by atoms with van der Waals surface area (Å²) < 4.78 is 83.5. The highest BCUT2D eigenvalue weighted by molar-refractivity contribution is 5.57. The summed E-state index contributed by atoms with van der Waals surface area (Å²) in [4.78, 5) is 18.8. The molecule has 0 aromatic carbocycles. The molecule has 170 valence electrons. The molecule has 3 aromatic rings. The van der Waals surface area contributed by atoms with E-state index in [4.69, 9.17) is 4.74 Å². The van der Waals surface area contributed by atoms with Gasteiger partial charge in [0.1, 0.15) is 22.7 Å². The molecule has 0 aliphatic rings. The normalized spacial score (nSPS) is 12.5. The van der Waals surface area contributed by atoms with Gasteiger partial charge in [-0.05, 0) is 45.0 Å². The van der Waals surface area contributed by atoms with Crippen molar-refractivity contribution in [2.24, 2.45) is 0 Å². The molecule has 1 N–H and O–H groups in total. The van der Waals surface area contributed by atoms with Crippen LogP contribution in [0.5, 0.6) is 6.01 Å². The Bertz CT molecular complexity index is 1110. The van der Waals surface area contributed by atoms with E-state index in [1.54, 1.807) is 20.8 Å². The molecule has 13 heteroatoms. The number of rotatable bonds is 4. The van der Waals surface area contributed by atoms with Crippen molar-refractivity contribution < 1.29 is 31.1 Å². The number of nitrogens with one attached hydrogen (secondary N) is 1. The zero-order chi connectivity index (χ0) is 23.7. The molecule has 0 saturated heterocycles. The van der Waals surface area contributed by atoms with Crippen LogP contribution in [0.2, 0.25) is 0 Å². The summed E-state index contributed by atoms with van der Waals surface area (Å²) in [6.45, 7) is 5.06. The first kappa shape index (κ1) is 23.2. The molecule has 0 radical (unpaired) electrons. The summed E-state index contributed by atoms with van der Waals surface area (Å²) >= 11 is 0. The van der Waals surface area contributed by atoms with Crippen molar-refractivity contribution in [3.05, 3.63) is 47.9 Å². The van der Waals surface area contributed by atoms with Gasteiger partial charge < -0.3 is 10.1 Å². The van der Waals surface area contributed by atoms with Crippen molar-refractivity contribution in [2.45, 2.75) is 38.7 Å². The maximum absolute atomic E-state index is 13.0. The first-order valence-electron chi connectivity index (χ1n) is 9.01. The summed E-state index contributed by atoms with van der Waals surface area (Å²) in [5.74, 6) is -0.522. The number of anilines is 2. The molecule has 3 heterocycles. The zero-order valence-corrected chi connectivity index (χ0v) is 16.9. The molecule has 32 heavy (non-hydrogen) atoms. The van der Waals surface area contributed by atoms with Gasteiger partial charge in [-0.2, -0.15) is 41.3 Å². The number of nitrogens with zero attached hydrogens (tertiary/aromatic N) is 5. The lowest BCUT2D eigenvalue weighted by Crippen LogP contribution is -2.24. The average Bonchev–Trinajstić information content (AvgIpc) is 2.65. The molecular weight excluding hydrogens is 442 g/mol. The molecule has 0 aliphatic heterocycles. The lowest BCUT2D eigenvalue weighted by molar-refractivity contribution is -0.141. The van der Waals surface area contributed by atoms with E-state index in [1.165, 1.54) is 12.1 Å². The SMILES string of the molecule is CC(C)(C)Oc1nc(Nc2ccnc(C(F)(F)F)c2)nc(-c2cccc(C(F)(F)F)n2)n1. The fourth-order valence-electron chi connectivity index (χ4n) is 2.36. The van der Waals surface area contributed by atoms with E-state index in [2.05, 4.69) is 30.2 Å². The van der Waals surface area contributed by atoms with E-state index in [9.17, 15) is 26.3 Å². The standard InChI is InChI=1S/C19H16F6N6O/c1-17(2,3)32-16-30-14(11-5-4-6-12(28-11)18(20,21)22)29-15(31-16)27-10-7-8-26-13(9-10)19(23,24)25/h4-9H,1-3H3,(H,26,27,29,30,31).